The molecule has 1 fully saturated rings. The minimum absolute atomic E-state index is 0.314. The number of likely N-dealkylation sites (N-methyl/N-ethyl adjacent to an activating group) is 1. The van der Waals surface area contributed by atoms with Crippen LogP contribution in [0.2, 0.25) is 0 Å². The summed E-state index contributed by atoms with van der Waals surface area (Å²) in [6, 6.07) is 8.21. The van der Waals surface area contributed by atoms with Crippen LogP contribution in [0.1, 0.15) is 22.8 Å². The molecule has 1 aliphatic rings. The molecule has 0 aliphatic carbocycles. The maximum atomic E-state index is 12.0. The Morgan fingerprint density at radius 1 is 1.19 bits per heavy atom. The number of anilines is 2. The minimum Gasteiger partial charge on any atom is -0.462 e. The molecule has 1 saturated heterocycles. The molecule has 1 aromatic heterocycles. The van der Waals surface area contributed by atoms with Crippen LogP contribution in [0.25, 0.3) is 0 Å². The van der Waals surface area contributed by atoms with Gasteiger partial charge in [-0.2, -0.15) is 0 Å². The molecule has 0 bridgehead atoms. The van der Waals surface area contributed by atoms with Crippen LogP contribution in [0.15, 0.2) is 36.8 Å². The molecule has 3 rings (SSSR count). The fourth-order valence-electron chi connectivity index (χ4n) is 2.88. The predicted octanol–water partition coefficient (Wildman–Crippen LogP) is 2.14. The van der Waals surface area contributed by atoms with Gasteiger partial charge in [-0.3, -0.25) is 4.90 Å². The van der Waals surface area contributed by atoms with Gasteiger partial charge in [0, 0.05) is 44.6 Å². The van der Waals surface area contributed by atoms with Gasteiger partial charge in [0.05, 0.1) is 6.61 Å². The van der Waals surface area contributed by atoms with Gasteiger partial charge in [-0.15, -0.1) is 0 Å². The zero-order valence-corrected chi connectivity index (χ0v) is 15.3. The van der Waals surface area contributed by atoms with Crippen LogP contribution in [0, 0.1) is 0 Å². The van der Waals surface area contributed by atoms with E-state index in [1.54, 1.807) is 6.92 Å². The first kappa shape index (κ1) is 18.3. The Kier molecular flexibility index (Phi) is 6.14. The quantitative estimate of drug-likeness (QED) is 0.796. The van der Waals surface area contributed by atoms with Crippen LogP contribution in [0.5, 0.6) is 0 Å². The van der Waals surface area contributed by atoms with E-state index in [-0.39, 0.29) is 0 Å². The number of benzene rings is 1. The fraction of sp³-hybridized carbons (Fsp3) is 0.421. The van der Waals surface area contributed by atoms with Crippen LogP contribution >= 0.6 is 0 Å². The number of piperazine rings is 1. The van der Waals surface area contributed by atoms with Crippen LogP contribution in [0.3, 0.4) is 0 Å². The van der Waals surface area contributed by atoms with Gasteiger partial charge in [-0.1, -0.05) is 12.1 Å². The van der Waals surface area contributed by atoms with Crippen molar-refractivity contribution in [1.29, 1.82) is 0 Å². The van der Waals surface area contributed by atoms with E-state index >= 15 is 0 Å². The molecule has 7 nitrogen and oxygen atoms in total. The number of rotatable bonds is 6. The predicted molar refractivity (Wildman–Crippen MR) is 100 cm³/mol. The average molecular weight is 355 g/mol. The average Bonchev–Trinajstić information content (AvgIpc) is 2.66. The molecular weight excluding hydrogens is 330 g/mol. The van der Waals surface area contributed by atoms with Crippen molar-refractivity contribution in [2.24, 2.45) is 0 Å². The molecule has 26 heavy (non-hydrogen) atoms. The van der Waals surface area contributed by atoms with Crippen molar-refractivity contribution >= 4 is 17.5 Å². The van der Waals surface area contributed by atoms with E-state index in [0.717, 1.165) is 38.4 Å². The molecule has 2 aromatic rings. The summed E-state index contributed by atoms with van der Waals surface area (Å²) in [5.41, 5.74) is 2.47. The Hall–Kier alpha value is -2.51. The van der Waals surface area contributed by atoms with Crippen LogP contribution in [-0.2, 0) is 11.3 Å². The Labute approximate surface area is 154 Å². The summed E-state index contributed by atoms with van der Waals surface area (Å²) in [6.45, 7) is 7.46. The lowest BCUT2D eigenvalue weighted by Gasteiger charge is -2.32. The number of carbonyl (C=O) groups is 1. The third-order valence-electron chi connectivity index (χ3n) is 4.43. The Morgan fingerprint density at radius 2 is 1.92 bits per heavy atom. The number of hydrogen-bond donors (Lipinski definition) is 1. The Bertz CT molecular complexity index is 727. The van der Waals surface area contributed by atoms with Crippen molar-refractivity contribution < 1.29 is 9.53 Å². The molecule has 0 amide bonds. The molecule has 0 spiro atoms. The number of aromatic nitrogens is 2. The molecule has 0 radical (unpaired) electrons. The highest BCUT2D eigenvalue weighted by Gasteiger charge is 2.15. The summed E-state index contributed by atoms with van der Waals surface area (Å²) < 4.78 is 5.05. The minimum atomic E-state index is -0.428. The van der Waals surface area contributed by atoms with Crippen molar-refractivity contribution in [2.75, 3.05) is 45.2 Å². The highest BCUT2D eigenvalue weighted by molar-refractivity contribution is 5.95. The molecule has 0 saturated carbocycles. The molecule has 138 valence electrons. The maximum Gasteiger partial charge on any atom is 0.343 e. The standard InChI is InChI=1S/C19H25N5O2/c1-3-26-19(25)17-12-20-14-21-18(17)22-16-6-4-15(5-7-16)13-24-10-8-23(2)9-11-24/h4-7,12,14H,3,8-11,13H2,1-2H3,(H,20,21,22). The van der Waals surface area contributed by atoms with E-state index in [0.29, 0.717) is 18.0 Å². The topological polar surface area (TPSA) is 70.6 Å². The molecule has 0 atom stereocenters. The van der Waals surface area contributed by atoms with Gasteiger partial charge in [0.1, 0.15) is 17.7 Å². The smallest absolute Gasteiger partial charge is 0.343 e. The highest BCUT2D eigenvalue weighted by Crippen LogP contribution is 2.19. The number of nitrogens with one attached hydrogen (secondary N) is 1. The van der Waals surface area contributed by atoms with Crippen molar-refractivity contribution in [3.8, 4) is 0 Å². The molecular formula is C19H25N5O2. The molecule has 7 heteroatoms. The summed E-state index contributed by atoms with van der Waals surface area (Å²) >= 11 is 0. The first-order chi connectivity index (χ1) is 12.7. The van der Waals surface area contributed by atoms with Gasteiger partial charge < -0.3 is 15.0 Å². The number of esters is 1. The summed E-state index contributed by atoms with van der Waals surface area (Å²) in [7, 11) is 2.16. The summed E-state index contributed by atoms with van der Waals surface area (Å²) in [4.78, 5) is 24.9. The Balaban J connectivity index is 1.64. The maximum absolute atomic E-state index is 12.0. The molecule has 1 N–H and O–H groups in total. The zero-order valence-electron chi connectivity index (χ0n) is 15.3. The van der Waals surface area contributed by atoms with E-state index in [2.05, 4.69) is 44.3 Å². The molecule has 0 unspecified atom stereocenters. The van der Waals surface area contributed by atoms with Gasteiger partial charge in [0.15, 0.2) is 0 Å². The van der Waals surface area contributed by atoms with Gasteiger partial charge in [-0.25, -0.2) is 14.8 Å². The number of ether oxygens (including phenoxy) is 1. The van der Waals surface area contributed by atoms with Crippen LogP contribution in [-0.4, -0.2) is 65.6 Å². The van der Waals surface area contributed by atoms with Crippen LogP contribution in [0.4, 0.5) is 11.5 Å². The van der Waals surface area contributed by atoms with Gasteiger partial charge >= 0.3 is 5.97 Å². The van der Waals surface area contributed by atoms with Crippen molar-refractivity contribution in [2.45, 2.75) is 13.5 Å². The van der Waals surface area contributed by atoms with Gasteiger partial charge in [0.25, 0.3) is 0 Å². The summed E-state index contributed by atoms with van der Waals surface area (Å²) in [5.74, 6) is 0.0209. The highest BCUT2D eigenvalue weighted by atomic mass is 16.5. The second-order valence-electron chi connectivity index (χ2n) is 6.41. The lowest BCUT2D eigenvalue weighted by molar-refractivity contribution is 0.0526. The number of nitrogens with zero attached hydrogens (tertiary/aromatic N) is 4. The second-order valence-corrected chi connectivity index (χ2v) is 6.41. The third-order valence-corrected chi connectivity index (χ3v) is 4.43. The van der Waals surface area contributed by atoms with Crippen LogP contribution < -0.4 is 5.32 Å². The molecule has 1 aromatic carbocycles. The monoisotopic (exact) mass is 355 g/mol. The van der Waals surface area contributed by atoms with Gasteiger partial charge in [0.2, 0.25) is 0 Å². The third kappa shape index (κ3) is 4.77. The lowest BCUT2D eigenvalue weighted by atomic mass is 10.1. The normalized spacial score (nSPS) is 15.6. The summed E-state index contributed by atoms with van der Waals surface area (Å²) in [5, 5.41) is 3.18. The van der Waals surface area contributed by atoms with Crippen molar-refractivity contribution in [3.05, 3.63) is 47.9 Å². The van der Waals surface area contributed by atoms with Crippen molar-refractivity contribution in [3.63, 3.8) is 0 Å². The molecule has 2 heterocycles. The van der Waals surface area contributed by atoms with E-state index in [1.807, 2.05) is 12.1 Å². The van der Waals surface area contributed by atoms with Crippen molar-refractivity contribution in [1.82, 2.24) is 19.8 Å². The SMILES string of the molecule is CCOC(=O)c1cncnc1Nc1ccc(CN2CCN(C)CC2)cc1. The second kappa shape index (κ2) is 8.73. The van der Waals surface area contributed by atoms with E-state index in [1.165, 1.54) is 18.1 Å². The van der Waals surface area contributed by atoms with E-state index < -0.39 is 5.97 Å². The largest absolute Gasteiger partial charge is 0.462 e. The number of carbonyl (C=O) groups excluding carboxylic acids is 1. The first-order valence-electron chi connectivity index (χ1n) is 8.89. The first-order valence-corrected chi connectivity index (χ1v) is 8.89. The van der Waals surface area contributed by atoms with E-state index in [9.17, 15) is 4.79 Å². The van der Waals surface area contributed by atoms with E-state index in [4.69, 9.17) is 4.74 Å². The summed E-state index contributed by atoms with van der Waals surface area (Å²) in [6.07, 6.45) is 2.88. The fourth-order valence-corrected chi connectivity index (χ4v) is 2.88. The Morgan fingerprint density at radius 3 is 2.62 bits per heavy atom. The molecule has 1 aliphatic heterocycles. The lowest BCUT2D eigenvalue weighted by Crippen LogP contribution is -2.43. The van der Waals surface area contributed by atoms with Gasteiger partial charge in [-0.05, 0) is 31.7 Å². The number of hydrogen-bond acceptors (Lipinski definition) is 7. The zero-order chi connectivity index (χ0) is 18.4.